The van der Waals surface area contributed by atoms with Crippen LogP contribution in [0.4, 0.5) is 0 Å². The van der Waals surface area contributed by atoms with Crippen molar-refractivity contribution in [3.05, 3.63) is 0 Å². The van der Waals surface area contributed by atoms with Gasteiger partial charge >= 0.3 is 17.9 Å². The number of esters is 2. The van der Waals surface area contributed by atoms with E-state index in [2.05, 4.69) is 9.47 Å². The summed E-state index contributed by atoms with van der Waals surface area (Å²) in [6.07, 6.45) is 0. The van der Waals surface area contributed by atoms with Crippen LogP contribution in [-0.2, 0) is 23.9 Å². The van der Waals surface area contributed by atoms with Crippen molar-refractivity contribution in [1.29, 1.82) is 0 Å². The Morgan fingerprint density at radius 3 is 1.50 bits per heavy atom. The van der Waals surface area contributed by atoms with E-state index in [1.54, 1.807) is 13.8 Å². The Morgan fingerprint density at radius 1 is 1.12 bits per heavy atom. The second-order valence-electron chi connectivity index (χ2n) is 2.57. The normalized spacial score (nSPS) is 10.5. The second kappa shape index (κ2) is 9.91. The Hall–Kier alpha value is -1.63. The van der Waals surface area contributed by atoms with E-state index in [0.29, 0.717) is 0 Å². The first-order valence-electron chi connectivity index (χ1n) is 4.69. The molecule has 7 heteroatoms. The quantitative estimate of drug-likeness (QED) is 0.501. The average molecular weight is 235 g/mol. The monoisotopic (exact) mass is 235 g/mol. The van der Waals surface area contributed by atoms with Crippen LogP contribution >= 0.6 is 0 Å². The SMILES string of the molecule is CC(N)C(=O)O.CCOC(=O)C(=O)OCC. The molecular formula is C9H17NO6. The zero-order valence-corrected chi connectivity index (χ0v) is 9.56. The Morgan fingerprint density at radius 2 is 1.38 bits per heavy atom. The molecule has 16 heavy (non-hydrogen) atoms. The molecule has 0 aromatic rings. The summed E-state index contributed by atoms with van der Waals surface area (Å²) in [7, 11) is 0. The van der Waals surface area contributed by atoms with Crippen molar-refractivity contribution in [2.45, 2.75) is 26.8 Å². The topological polar surface area (TPSA) is 116 Å². The van der Waals surface area contributed by atoms with Crippen LogP contribution in [0.2, 0.25) is 0 Å². The number of carboxylic acids is 1. The summed E-state index contributed by atoms with van der Waals surface area (Å²) in [5.41, 5.74) is 4.84. The van der Waals surface area contributed by atoms with E-state index in [9.17, 15) is 14.4 Å². The maximum atomic E-state index is 10.4. The molecule has 94 valence electrons. The zero-order chi connectivity index (χ0) is 13.1. The first-order valence-corrected chi connectivity index (χ1v) is 4.69. The molecule has 0 heterocycles. The third kappa shape index (κ3) is 10.5. The minimum atomic E-state index is -0.963. The summed E-state index contributed by atoms with van der Waals surface area (Å²) in [4.78, 5) is 30.4. The van der Waals surface area contributed by atoms with Gasteiger partial charge in [0.05, 0.1) is 13.2 Å². The van der Waals surface area contributed by atoms with Crippen molar-refractivity contribution < 1.29 is 29.0 Å². The molecule has 0 aliphatic carbocycles. The predicted molar refractivity (Wildman–Crippen MR) is 54.6 cm³/mol. The lowest BCUT2D eigenvalue weighted by molar-refractivity contribution is -0.167. The minimum Gasteiger partial charge on any atom is -0.480 e. The zero-order valence-electron chi connectivity index (χ0n) is 9.56. The van der Waals surface area contributed by atoms with Crippen LogP contribution in [-0.4, -0.2) is 42.3 Å². The Kier molecular flexibility index (Phi) is 10.4. The molecule has 0 aliphatic heterocycles. The molecule has 0 fully saturated rings. The molecule has 1 atom stereocenters. The summed E-state index contributed by atoms with van der Waals surface area (Å²) in [5.74, 6) is -2.82. The number of aliphatic carboxylic acids is 1. The standard InChI is InChI=1S/C6H10O4.C3H7NO2/c1-3-9-5(7)6(8)10-4-2;1-2(4)3(5)6/h3-4H2,1-2H3;2H,4H2,1H3,(H,5,6). The van der Waals surface area contributed by atoms with Gasteiger partial charge in [-0.3, -0.25) is 4.79 Å². The van der Waals surface area contributed by atoms with Crippen molar-refractivity contribution in [3.8, 4) is 0 Å². The lowest BCUT2D eigenvalue weighted by Crippen LogP contribution is -2.25. The Balaban J connectivity index is 0. The maximum Gasteiger partial charge on any atom is 0.417 e. The fourth-order valence-corrected chi connectivity index (χ4v) is 0.380. The lowest BCUT2D eigenvalue weighted by Gasteiger charge is -1.99. The van der Waals surface area contributed by atoms with Crippen molar-refractivity contribution >= 4 is 17.9 Å². The fraction of sp³-hybridized carbons (Fsp3) is 0.667. The molecule has 0 saturated heterocycles. The lowest BCUT2D eigenvalue weighted by atomic mass is 10.4. The van der Waals surface area contributed by atoms with Gasteiger partial charge in [-0.05, 0) is 20.8 Å². The van der Waals surface area contributed by atoms with E-state index in [4.69, 9.17) is 10.8 Å². The van der Waals surface area contributed by atoms with Gasteiger partial charge in [-0.25, -0.2) is 9.59 Å². The van der Waals surface area contributed by atoms with E-state index in [1.165, 1.54) is 6.92 Å². The molecule has 0 bridgehead atoms. The van der Waals surface area contributed by atoms with Gasteiger partial charge in [0.1, 0.15) is 6.04 Å². The highest BCUT2D eigenvalue weighted by Gasteiger charge is 2.14. The molecular weight excluding hydrogens is 218 g/mol. The van der Waals surface area contributed by atoms with Crippen LogP contribution in [0.3, 0.4) is 0 Å². The molecule has 3 N–H and O–H groups in total. The van der Waals surface area contributed by atoms with E-state index < -0.39 is 23.9 Å². The number of hydrogen-bond donors (Lipinski definition) is 2. The first kappa shape index (κ1) is 16.8. The van der Waals surface area contributed by atoms with E-state index in [1.807, 2.05) is 0 Å². The van der Waals surface area contributed by atoms with Gasteiger partial charge in [0.15, 0.2) is 0 Å². The first-order chi connectivity index (χ1) is 7.36. The highest BCUT2D eigenvalue weighted by molar-refractivity contribution is 6.29. The van der Waals surface area contributed by atoms with Crippen LogP contribution in [0.1, 0.15) is 20.8 Å². The minimum absolute atomic E-state index is 0.192. The summed E-state index contributed by atoms with van der Waals surface area (Å²) in [6, 6.07) is -0.731. The summed E-state index contributed by atoms with van der Waals surface area (Å²) < 4.78 is 8.69. The van der Waals surface area contributed by atoms with Crippen molar-refractivity contribution in [2.75, 3.05) is 13.2 Å². The largest absolute Gasteiger partial charge is 0.480 e. The number of hydrogen-bond acceptors (Lipinski definition) is 6. The van der Waals surface area contributed by atoms with E-state index in [0.717, 1.165) is 0 Å². The van der Waals surface area contributed by atoms with Crippen molar-refractivity contribution in [1.82, 2.24) is 0 Å². The van der Waals surface area contributed by atoms with Gasteiger partial charge in [-0.2, -0.15) is 0 Å². The predicted octanol–water partition coefficient (Wildman–Crippen LogP) is -0.469. The van der Waals surface area contributed by atoms with Crippen LogP contribution in [0.25, 0.3) is 0 Å². The smallest absolute Gasteiger partial charge is 0.417 e. The molecule has 0 spiro atoms. The molecule has 0 saturated carbocycles. The van der Waals surface area contributed by atoms with Crippen molar-refractivity contribution in [3.63, 3.8) is 0 Å². The number of carboxylic acid groups (broad SMARTS) is 1. The number of carbonyl (C=O) groups is 3. The van der Waals surface area contributed by atoms with Crippen molar-refractivity contribution in [2.24, 2.45) is 5.73 Å². The average Bonchev–Trinajstić information content (AvgIpc) is 2.19. The van der Waals surface area contributed by atoms with Gasteiger partial charge in [0.2, 0.25) is 0 Å². The molecule has 0 aromatic heterocycles. The molecule has 0 aromatic carbocycles. The maximum absolute atomic E-state index is 10.4. The summed E-state index contributed by atoms with van der Waals surface area (Å²) >= 11 is 0. The summed E-state index contributed by atoms with van der Waals surface area (Å²) in [5, 5.41) is 7.87. The summed E-state index contributed by atoms with van der Waals surface area (Å²) in [6.45, 7) is 5.05. The van der Waals surface area contributed by atoms with Crippen LogP contribution in [0, 0.1) is 0 Å². The molecule has 0 amide bonds. The van der Waals surface area contributed by atoms with Crippen LogP contribution < -0.4 is 5.73 Å². The molecule has 7 nitrogen and oxygen atoms in total. The molecule has 1 unspecified atom stereocenters. The van der Waals surface area contributed by atoms with Gasteiger partial charge in [0, 0.05) is 0 Å². The number of nitrogens with two attached hydrogens (primary N) is 1. The Labute approximate surface area is 93.5 Å². The van der Waals surface area contributed by atoms with E-state index >= 15 is 0 Å². The second-order valence-corrected chi connectivity index (χ2v) is 2.57. The number of rotatable bonds is 3. The van der Waals surface area contributed by atoms with Crippen LogP contribution in [0.15, 0.2) is 0 Å². The highest BCUT2D eigenvalue weighted by atomic mass is 16.6. The third-order valence-corrected chi connectivity index (χ3v) is 1.11. The van der Waals surface area contributed by atoms with Gasteiger partial charge in [0.25, 0.3) is 0 Å². The van der Waals surface area contributed by atoms with E-state index in [-0.39, 0.29) is 13.2 Å². The number of ether oxygens (including phenoxy) is 2. The third-order valence-electron chi connectivity index (χ3n) is 1.11. The van der Waals surface area contributed by atoms with Crippen LogP contribution in [0.5, 0.6) is 0 Å². The fourth-order valence-electron chi connectivity index (χ4n) is 0.380. The Bertz CT molecular complexity index is 222. The van der Waals surface area contributed by atoms with Gasteiger partial charge < -0.3 is 20.3 Å². The molecule has 0 rings (SSSR count). The van der Waals surface area contributed by atoms with Gasteiger partial charge in [-0.1, -0.05) is 0 Å². The highest BCUT2D eigenvalue weighted by Crippen LogP contribution is 1.82. The molecule has 0 aliphatic rings. The number of carbonyl (C=O) groups excluding carboxylic acids is 2. The molecule has 0 radical (unpaired) electrons. The van der Waals surface area contributed by atoms with Gasteiger partial charge in [-0.15, -0.1) is 0 Å².